The van der Waals surface area contributed by atoms with Gasteiger partial charge in [-0.15, -0.1) is 15.0 Å². The van der Waals surface area contributed by atoms with Crippen LogP contribution in [-0.2, 0) is 13.2 Å². The summed E-state index contributed by atoms with van der Waals surface area (Å²) in [6.07, 6.45) is 0. The van der Waals surface area contributed by atoms with Crippen molar-refractivity contribution in [3.05, 3.63) is 71.8 Å². The fourth-order valence-electron chi connectivity index (χ4n) is 1.93. The molecule has 24 heavy (non-hydrogen) atoms. The van der Waals surface area contributed by atoms with Gasteiger partial charge >= 0.3 is 18.0 Å². The standard InChI is InChI=1S/C17H14ClN3O3/c18-24-17-20-15(22-11-13-7-3-1-4-8-13)19-16(21-17)23-12-14-9-5-2-6-10-14/h1-10H,11-12H2. The Morgan fingerprint density at radius 1 is 0.625 bits per heavy atom. The number of hydrogen-bond acceptors (Lipinski definition) is 6. The third-order valence-corrected chi connectivity index (χ3v) is 3.20. The number of rotatable bonds is 7. The molecule has 7 heteroatoms. The van der Waals surface area contributed by atoms with E-state index in [0.717, 1.165) is 11.1 Å². The van der Waals surface area contributed by atoms with E-state index in [0.29, 0.717) is 13.2 Å². The van der Waals surface area contributed by atoms with Crippen molar-refractivity contribution in [1.82, 2.24) is 15.0 Å². The molecule has 0 atom stereocenters. The molecule has 122 valence electrons. The minimum Gasteiger partial charge on any atom is -0.458 e. The van der Waals surface area contributed by atoms with Crippen molar-refractivity contribution in [1.29, 1.82) is 0 Å². The highest BCUT2D eigenvalue weighted by Gasteiger charge is 2.10. The molecule has 0 aliphatic heterocycles. The molecule has 0 unspecified atom stereocenters. The van der Waals surface area contributed by atoms with Crippen LogP contribution in [-0.4, -0.2) is 15.0 Å². The maximum absolute atomic E-state index is 5.55. The molecule has 0 N–H and O–H groups in total. The van der Waals surface area contributed by atoms with Gasteiger partial charge in [-0.2, -0.15) is 0 Å². The van der Waals surface area contributed by atoms with E-state index in [1.54, 1.807) is 0 Å². The van der Waals surface area contributed by atoms with Gasteiger partial charge in [0, 0.05) is 0 Å². The van der Waals surface area contributed by atoms with Crippen molar-refractivity contribution in [3.8, 4) is 18.0 Å². The number of ether oxygens (including phenoxy) is 2. The van der Waals surface area contributed by atoms with Crippen molar-refractivity contribution in [2.45, 2.75) is 13.2 Å². The number of hydrogen-bond donors (Lipinski definition) is 0. The molecule has 0 saturated carbocycles. The summed E-state index contributed by atoms with van der Waals surface area (Å²) >= 11 is 5.34. The average Bonchev–Trinajstić information content (AvgIpc) is 2.66. The number of halogens is 1. The lowest BCUT2D eigenvalue weighted by Crippen LogP contribution is -2.05. The molecule has 1 heterocycles. The van der Waals surface area contributed by atoms with Gasteiger partial charge in [0.15, 0.2) is 0 Å². The van der Waals surface area contributed by atoms with Gasteiger partial charge in [0.1, 0.15) is 25.1 Å². The SMILES string of the molecule is ClOc1nc(OCc2ccccc2)nc(OCc2ccccc2)n1. The Balaban J connectivity index is 1.68. The second kappa shape index (κ2) is 8.12. The number of benzene rings is 2. The lowest BCUT2D eigenvalue weighted by atomic mass is 10.2. The molecular weight excluding hydrogens is 330 g/mol. The van der Waals surface area contributed by atoms with Gasteiger partial charge in [-0.05, 0) is 11.1 Å². The normalized spacial score (nSPS) is 10.2. The highest BCUT2D eigenvalue weighted by Crippen LogP contribution is 2.17. The molecule has 2 aromatic carbocycles. The topological polar surface area (TPSA) is 66.4 Å². The van der Waals surface area contributed by atoms with E-state index in [9.17, 15) is 0 Å². The maximum Gasteiger partial charge on any atom is 0.344 e. The molecule has 3 aromatic rings. The van der Waals surface area contributed by atoms with Crippen molar-refractivity contribution in [2.24, 2.45) is 0 Å². The first kappa shape index (κ1) is 16.0. The Morgan fingerprint density at radius 3 is 1.46 bits per heavy atom. The maximum atomic E-state index is 5.55. The second-order valence-electron chi connectivity index (χ2n) is 4.81. The molecule has 0 radical (unpaired) electrons. The van der Waals surface area contributed by atoms with Crippen LogP contribution >= 0.6 is 11.9 Å². The smallest absolute Gasteiger partial charge is 0.344 e. The molecular formula is C17H14ClN3O3. The molecule has 1 aromatic heterocycles. The summed E-state index contributed by atoms with van der Waals surface area (Å²) in [6, 6.07) is 19.4. The highest BCUT2D eigenvalue weighted by atomic mass is 35.5. The van der Waals surface area contributed by atoms with Crippen molar-refractivity contribution < 1.29 is 13.8 Å². The molecule has 0 amide bonds. The number of aromatic nitrogens is 3. The highest BCUT2D eigenvalue weighted by molar-refractivity contribution is 6.08. The summed E-state index contributed by atoms with van der Waals surface area (Å²) in [6.45, 7) is 0.620. The lowest BCUT2D eigenvalue weighted by molar-refractivity contribution is 0.244. The predicted molar refractivity (Wildman–Crippen MR) is 87.9 cm³/mol. The second-order valence-corrected chi connectivity index (χ2v) is 4.96. The molecule has 0 fully saturated rings. The zero-order chi connectivity index (χ0) is 16.6. The Kier molecular flexibility index (Phi) is 5.42. The van der Waals surface area contributed by atoms with E-state index in [-0.39, 0.29) is 18.0 Å². The van der Waals surface area contributed by atoms with E-state index in [1.165, 1.54) is 0 Å². The molecule has 3 rings (SSSR count). The summed E-state index contributed by atoms with van der Waals surface area (Å²) < 4.78 is 15.6. The quantitative estimate of drug-likeness (QED) is 0.653. The van der Waals surface area contributed by atoms with E-state index in [1.807, 2.05) is 60.7 Å². The summed E-state index contributed by atoms with van der Waals surface area (Å²) in [7, 11) is 0. The zero-order valence-corrected chi connectivity index (χ0v) is 13.4. The van der Waals surface area contributed by atoms with E-state index >= 15 is 0 Å². The summed E-state index contributed by atoms with van der Waals surface area (Å²) in [4.78, 5) is 12.0. The third kappa shape index (κ3) is 4.57. The first-order chi connectivity index (χ1) is 11.8. The third-order valence-electron chi connectivity index (χ3n) is 3.06. The van der Waals surface area contributed by atoms with Crippen LogP contribution < -0.4 is 13.8 Å². The number of nitrogens with zero attached hydrogens (tertiary/aromatic N) is 3. The monoisotopic (exact) mass is 343 g/mol. The summed E-state index contributed by atoms with van der Waals surface area (Å²) in [5.74, 6) is 0. The van der Waals surface area contributed by atoms with Gasteiger partial charge in [-0.1, -0.05) is 60.7 Å². The minimum absolute atomic E-state index is 0.0764. The molecule has 0 aliphatic rings. The predicted octanol–water partition coefficient (Wildman–Crippen LogP) is 3.56. The molecule has 0 spiro atoms. The van der Waals surface area contributed by atoms with Crippen molar-refractivity contribution >= 4 is 11.9 Å². The van der Waals surface area contributed by atoms with Crippen LogP contribution in [0.2, 0.25) is 0 Å². The Morgan fingerprint density at radius 2 is 1.04 bits per heavy atom. The lowest BCUT2D eigenvalue weighted by Gasteiger charge is -2.08. The van der Waals surface area contributed by atoms with Crippen LogP contribution in [0.1, 0.15) is 11.1 Å². The average molecular weight is 344 g/mol. The van der Waals surface area contributed by atoms with Crippen LogP contribution in [0.25, 0.3) is 0 Å². The molecule has 0 aliphatic carbocycles. The van der Waals surface area contributed by atoms with E-state index < -0.39 is 0 Å². The largest absolute Gasteiger partial charge is 0.458 e. The molecule has 0 bridgehead atoms. The van der Waals surface area contributed by atoms with Gasteiger partial charge in [0.25, 0.3) is 0 Å². The van der Waals surface area contributed by atoms with Gasteiger partial charge in [-0.25, -0.2) is 0 Å². The van der Waals surface area contributed by atoms with E-state index in [4.69, 9.17) is 21.3 Å². The Hall–Kier alpha value is -2.86. The molecule has 0 saturated heterocycles. The van der Waals surface area contributed by atoms with Crippen molar-refractivity contribution in [2.75, 3.05) is 0 Å². The van der Waals surface area contributed by atoms with Crippen LogP contribution in [0.4, 0.5) is 0 Å². The minimum atomic E-state index is -0.0854. The zero-order valence-electron chi connectivity index (χ0n) is 12.6. The first-order valence-corrected chi connectivity index (χ1v) is 7.52. The fraction of sp³-hybridized carbons (Fsp3) is 0.118. The van der Waals surface area contributed by atoms with E-state index in [2.05, 4.69) is 19.2 Å². The Bertz CT molecular complexity index is 711. The van der Waals surface area contributed by atoms with Gasteiger partial charge < -0.3 is 13.8 Å². The van der Waals surface area contributed by atoms with Crippen LogP contribution in [0.5, 0.6) is 18.0 Å². The summed E-state index contributed by atoms with van der Waals surface area (Å²) in [5, 5.41) is 0. The van der Waals surface area contributed by atoms with Crippen LogP contribution in [0.15, 0.2) is 60.7 Å². The van der Waals surface area contributed by atoms with Crippen molar-refractivity contribution in [3.63, 3.8) is 0 Å². The first-order valence-electron chi connectivity index (χ1n) is 7.21. The molecule has 6 nitrogen and oxygen atoms in total. The summed E-state index contributed by atoms with van der Waals surface area (Å²) in [5.41, 5.74) is 1.97. The Labute approximate surface area is 144 Å². The van der Waals surface area contributed by atoms with Gasteiger partial charge in [0.05, 0.1) is 0 Å². The van der Waals surface area contributed by atoms with Gasteiger partial charge in [-0.3, -0.25) is 0 Å². The van der Waals surface area contributed by atoms with Crippen LogP contribution in [0.3, 0.4) is 0 Å². The van der Waals surface area contributed by atoms with Crippen LogP contribution in [0, 0.1) is 0 Å². The fourth-order valence-corrected chi connectivity index (χ4v) is 2.00. The van der Waals surface area contributed by atoms with Gasteiger partial charge in [0.2, 0.25) is 0 Å².